The van der Waals surface area contributed by atoms with E-state index in [2.05, 4.69) is 10.6 Å². The highest BCUT2D eigenvalue weighted by Crippen LogP contribution is 2.25. The van der Waals surface area contributed by atoms with E-state index < -0.39 is 17.6 Å². The summed E-state index contributed by atoms with van der Waals surface area (Å²) in [6, 6.07) is 10.2. The molecule has 0 saturated heterocycles. The number of nitrogens with one attached hydrogen (secondary N) is 2. The van der Waals surface area contributed by atoms with E-state index in [-0.39, 0.29) is 18.2 Å². The molecule has 0 aromatic heterocycles. The van der Waals surface area contributed by atoms with Crippen molar-refractivity contribution < 1.29 is 14.0 Å². The fraction of sp³-hybridized carbons (Fsp3) is 0.176. The van der Waals surface area contributed by atoms with E-state index in [0.29, 0.717) is 15.6 Å². The van der Waals surface area contributed by atoms with Gasteiger partial charge >= 0.3 is 0 Å². The van der Waals surface area contributed by atoms with Gasteiger partial charge in [-0.05, 0) is 36.8 Å². The van der Waals surface area contributed by atoms with Crippen LogP contribution in [0.5, 0.6) is 0 Å². The van der Waals surface area contributed by atoms with Crippen LogP contribution in [0.2, 0.25) is 10.0 Å². The second kappa shape index (κ2) is 8.13. The second-order valence-electron chi connectivity index (χ2n) is 5.12. The fourth-order valence-corrected chi connectivity index (χ4v) is 2.70. The average molecular weight is 369 g/mol. The van der Waals surface area contributed by atoms with Crippen LogP contribution >= 0.6 is 23.2 Å². The molecule has 0 heterocycles. The molecule has 0 unspecified atom stereocenters. The Balaban J connectivity index is 1.91. The maximum atomic E-state index is 13.5. The summed E-state index contributed by atoms with van der Waals surface area (Å²) in [5.74, 6) is -1.71. The smallest absolute Gasteiger partial charge is 0.254 e. The average Bonchev–Trinajstić information content (AvgIpc) is 2.52. The van der Waals surface area contributed by atoms with Gasteiger partial charge in [0.05, 0.1) is 18.2 Å². The quantitative estimate of drug-likeness (QED) is 0.844. The fourth-order valence-electron chi connectivity index (χ4n) is 2.12. The molecule has 4 nitrogen and oxygen atoms in total. The molecule has 2 aromatic rings. The van der Waals surface area contributed by atoms with Gasteiger partial charge in [-0.2, -0.15) is 0 Å². The number of carbonyl (C=O) groups excluding carboxylic acids is 2. The zero-order valence-corrected chi connectivity index (χ0v) is 14.3. The van der Waals surface area contributed by atoms with Crippen molar-refractivity contribution in [2.75, 3.05) is 6.54 Å². The van der Waals surface area contributed by atoms with Crippen molar-refractivity contribution in [3.63, 3.8) is 0 Å². The summed E-state index contributed by atoms with van der Waals surface area (Å²) in [4.78, 5) is 23.8. The number of hydrogen-bond acceptors (Lipinski definition) is 2. The van der Waals surface area contributed by atoms with E-state index in [9.17, 15) is 14.0 Å². The first-order valence-corrected chi connectivity index (χ1v) is 7.91. The largest absolute Gasteiger partial charge is 0.348 e. The van der Waals surface area contributed by atoms with Crippen LogP contribution in [-0.2, 0) is 4.79 Å². The molecular formula is C17H15Cl2FN2O2. The first-order valence-electron chi connectivity index (χ1n) is 7.15. The van der Waals surface area contributed by atoms with E-state index in [4.69, 9.17) is 23.2 Å². The highest BCUT2D eigenvalue weighted by Gasteiger charge is 2.15. The lowest BCUT2D eigenvalue weighted by Crippen LogP contribution is -2.38. The van der Waals surface area contributed by atoms with Gasteiger partial charge in [0.25, 0.3) is 5.91 Å². The lowest BCUT2D eigenvalue weighted by atomic mass is 10.1. The van der Waals surface area contributed by atoms with Crippen molar-refractivity contribution in [1.82, 2.24) is 10.6 Å². The molecule has 126 valence electrons. The summed E-state index contributed by atoms with van der Waals surface area (Å²) in [6.45, 7) is 1.48. The minimum absolute atomic E-state index is 0.112. The van der Waals surface area contributed by atoms with Crippen molar-refractivity contribution in [2.45, 2.75) is 13.0 Å². The SMILES string of the molecule is C[C@@H](NC(=O)CNC(=O)c1ccccc1F)c1ccc(Cl)cc1Cl. The van der Waals surface area contributed by atoms with Crippen LogP contribution in [0.25, 0.3) is 0 Å². The first kappa shape index (κ1) is 18.2. The van der Waals surface area contributed by atoms with E-state index in [1.165, 1.54) is 18.2 Å². The molecule has 0 aliphatic carbocycles. The predicted octanol–water partition coefficient (Wildman–Crippen LogP) is 3.74. The minimum atomic E-state index is -0.652. The summed E-state index contributed by atoms with van der Waals surface area (Å²) in [6.07, 6.45) is 0. The predicted molar refractivity (Wildman–Crippen MR) is 91.8 cm³/mol. The summed E-state index contributed by atoms with van der Waals surface area (Å²) in [7, 11) is 0. The van der Waals surface area contributed by atoms with Gasteiger partial charge in [0.15, 0.2) is 0 Å². The van der Waals surface area contributed by atoms with E-state index in [1.807, 2.05) is 0 Å². The standard InChI is InChI=1S/C17H15Cl2FN2O2/c1-10(12-7-6-11(18)8-14(12)19)22-16(23)9-21-17(24)13-4-2-3-5-15(13)20/h2-8,10H,9H2,1H3,(H,21,24)(H,22,23)/t10-/m1/s1. The number of halogens is 3. The molecule has 0 radical (unpaired) electrons. The van der Waals surface area contributed by atoms with Crippen LogP contribution in [0.4, 0.5) is 4.39 Å². The Morgan fingerprint density at radius 2 is 1.88 bits per heavy atom. The zero-order chi connectivity index (χ0) is 17.7. The first-order chi connectivity index (χ1) is 11.4. The second-order valence-corrected chi connectivity index (χ2v) is 5.96. The summed E-state index contributed by atoms with van der Waals surface area (Å²) in [5.41, 5.74) is 0.592. The third-order valence-corrected chi connectivity index (χ3v) is 3.90. The van der Waals surface area contributed by atoms with Crippen LogP contribution in [-0.4, -0.2) is 18.4 Å². The molecule has 0 bridgehead atoms. The van der Waals surface area contributed by atoms with Gasteiger partial charge in [-0.15, -0.1) is 0 Å². The van der Waals surface area contributed by atoms with Crippen molar-refractivity contribution in [1.29, 1.82) is 0 Å². The Bertz CT molecular complexity index is 768. The molecular weight excluding hydrogens is 354 g/mol. The molecule has 2 aromatic carbocycles. The molecule has 0 aliphatic rings. The Morgan fingerprint density at radius 3 is 2.54 bits per heavy atom. The Hall–Kier alpha value is -2.11. The molecule has 0 spiro atoms. The lowest BCUT2D eigenvalue weighted by Gasteiger charge is -2.16. The van der Waals surface area contributed by atoms with Crippen molar-refractivity contribution >= 4 is 35.0 Å². The molecule has 1 atom stereocenters. The van der Waals surface area contributed by atoms with E-state index in [1.54, 1.807) is 31.2 Å². The molecule has 2 N–H and O–H groups in total. The summed E-state index contributed by atoms with van der Waals surface area (Å²) < 4.78 is 13.5. The van der Waals surface area contributed by atoms with Gasteiger partial charge in [0, 0.05) is 10.0 Å². The third kappa shape index (κ3) is 4.69. The molecule has 24 heavy (non-hydrogen) atoms. The molecule has 7 heteroatoms. The van der Waals surface area contributed by atoms with Gasteiger partial charge in [-0.25, -0.2) is 4.39 Å². The molecule has 0 saturated carbocycles. The molecule has 2 amide bonds. The summed E-state index contributed by atoms with van der Waals surface area (Å²) in [5, 5.41) is 6.01. The van der Waals surface area contributed by atoms with Crippen LogP contribution in [0.15, 0.2) is 42.5 Å². The van der Waals surface area contributed by atoms with Crippen LogP contribution in [0.3, 0.4) is 0 Å². The lowest BCUT2D eigenvalue weighted by molar-refractivity contribution is -0.120. The maximum Gasteiger partial charge on any atom is 0.254 e. The highest BCUT2D eigenvalue weighted by atomic mass is 35.5. The van der Waals surface area contributed by atoms with Gasteiger partial charge in [0.1, 0.15) is 5.82 Å². The van der Waals surface area contributed by atoms with Crippen molar-refractivity contribution in [2.24, 2.45) is 0 Å². The maximum absolute atomic E-state index is 13.5. The van der Waals surface area contributed by atoms with E-state index in [0.717, 1.165) is 0 Å². The van der Waals surface area contributed by atoms with Crippen LogP contribution in [0.1, 0.15) is 28.9 Å². The van der Waals surface area contributed by atoms with Gasteiger partial charge < -0.3 is 10.6 Å². The van der Waals surface area contributed by atoms with Crippen molar-refractivity contribution in [3.8, 4) is 0 Å². The Labute approximate surface area is 149 Å². The van der Waals surface area contributed by atoms with Gasteiger partial charge in [-0.1, -0.05) is 41.4 Å². The monoisotopic (exact) mass is 368 g/mol. The van der Waals surface area contributed by atoms with Crippen molar-refractivity contribution in [3.05, 3.63) is 69.5 Å². The van der Waals surface area contributed by atoms with Crippen LogP contribution < -0.4 is 10.6 Å². The molecule has 2 rings (SSSR count). The topological polar surface area (TPSA) is 58.2 Å². The zero-order valence-electron chi connectivity index (χ0n) is 12.8. The Morgan fingerprint density at radius 1 is 1.17 bits per heavy atom. The Kier molecular flexibility index (Phi) is 6.17. The van der Waals surface area contributed by atoms with Gasteiger partial charge in [0.2, 0.25) is 5.91 Å². The third-order valence-electron chi connectivity index (χ3n) is 3.33. The molecule has 0 fully saturated rings. The van der Waals surface area contributed by atoms with E-state index >= 15 is 0 Å². The van der Waals surface area contributed by atoms with Crippen LogP contribution in [0, 0.1) is 5.82 Å². The minimum Gasteiger partial charge on any atom is -0.348 e. The number of carbonyl (C=O) groups is 2. The number of hydrogen-bond donors (Lipinski definition) is 2. The number of rotatable bonds is 5. The molecule has 0 aliphatic heterocycles. The number of amides is 2. The highest BCUT2D eigenvalue weighted by molar-refractivity contribution is 6.35. The normalized spacial score (nSPS) is 11.7. The number of benzene rings is 2. The summed E-state index contributed by atoms with van der Waals surface area (Å²) >= 11 is 11.9. The van der Waals surface area contributed by atoms with Gasteiger partial charge in [-0.3, -0.25) is 9.59 Å².